The topological polar surface area (TPSA) is 46.2 Å². The second kappa shape index (κ2) is 4.27. The number of hydrogen-bond donors (Lipinski definition) is 2. The van der Waals surface area contributed by atoms with E-state index in [2.05, 4.69) is 0 Å². The molecule has 1 aliphatic carbocycles. The van der Waals surface area contributed by atoms with Gasteiger partial charge in [0.1, 0.15) is 5.75 Å². The normalized spacial score (nSPS) is 18.9. The van der Waals surface area contributed by atoms with Crippen LogP contribution in [-0.2, 0) is 5.41 Å². The quantitative estimate of drug-likeness (QED) is 0.833. The molecule has 1 aliphatic rings. The lowest BCUT2D eigenvalue weighted by Crippen LogP contribution is -2.33. The first kappa shape index (κ1) is 11.7. The fourth-order valence-corrected chi connectivity index (χ4v) is 3.11. The Morgan fingerprint density at radius 3 is 2.56 bits per heavy atom. The molecule has 1 fully saturated rings. The van der Waals surface area contributed by atoms with Gasteiger partial charge in [0.25, 0.3) is 0 Å². The molecule has 0 atom stereocenters. The zero-order valence-corrected chi connectivity index (χ0v) is 10.3. The summed E-state index contributed by atoms with van der Waals surface area (Å²) in [6.45, 7) is 2.55. The summed E-state index contributed by atoms with van der Waals surface area (Å²) in [7, 11) is 0. The molecular weight excluding hydrogens is 222 g/mol. The molecule has 16 heavy (non-hydrogen) atoms. The second-order valence-corrected chi connectivity index (χ2v) is 5.17. The Kier molecular flexibility index (Phi) is 3.13. The van der Waals surface area contributed by atoms with Gasteiger partial charge in [0.2, 0.25) is 0 Å². The van der Waals surface area contributed by atoms with Crippen molar-refractivity contribution < 1.29 is 5.11 Å². The van der Waals surface area contributed by atoms with Gasteiger partial charge >= 0.3 is 0 Å². The van der Waals surface area contributed by atoms with Crippen LogP contribution in [-0.4, -0.2) is 11.7 Å². The Morgan fingerprint density at radius 1 is 1.38 bits per heavy atom. The molecule has 0 heterocycles. The molecular formula is C13H18ClNO. The van der Waals surface area contributed by atoms with Crippen LogP contribution in [0, 0.1) is 6.92 Å². The molecule has 0 spiro atoms. The van der Waals surface area contributed by atoms with E-state index in [1.54, 1.807) is 12.1 Å². The number of nitrogens with two attached hydrogens (primary N) is 1. The SMILES string of the molecule is Cc1c(Cl)ccc(O)c1C1(CN)CCCC1. The van der Waals surface area contributed by atoms with Crippen molar-refractivity contribution in [2.75, 3.05) is 6.54 Å². The predicted molar refractivity (Wildman–Crippen MR) is 67.1 cm³/mol. The minimum Gasteiger partial charge on any atom is -0.508 e. The van der Waals surface area contributed by atoms with E-state index in [1.807, 2.05) is 6.92 Å². The third-order valence-corrected chi connectivity index (χ3v) is 4.27. The van der Waals surface area contributed by atoms with Gasteiger partial charge in [-0.25, -0.2) is 0 Å². The van der Waals surface area contributed by atoms with Crippen molar-refractivity contribution in [2.45, 2.75) is 38.0 Å². The Hall–Kier alpha value is -0.730. The highest BCUT2D eigenvalue weighted by atomic mass is 35.5. The van der Waals surface area contributed by atoms with Gasteiger partial charge in [-0.15, -0.1) is 0 Å². The van der Waals surface area contributed by atoms with Gasteiger partial charge in [-0.1, -0.05) is 24.4 Å². The van der Waals surface area contributed by atoms with E-state index in [0.717, 1.165) is 24.0 Å². The van der Waals surface area contributed by atoms with E-state index in [4.69, 9.17) is 17.3 Å². The lowest BCUT2D eigenvalue weighted by atomic mass is 9.76. The Balaban J connectivity index is 2.57. The highest BCUT2D eigenvalue weighted by Gasteiger charge is 2.37. The van der Waals surface area contributed by atoms with Crippen molar-refractivity contribution in [3.63, 3.8) is 0 Å². The molecule has 2 rings (SSSR count). The summed E-state index contributed by atoms with van der Waals surface area (Å²) in [6.07, 6.45) is 4.47. The lowest BCUT2D eigenvalue weighted by Gasteiger charge is -2.30. The summed E-state index contributed by atoms with van der Waals surface area (Å²) >= 11 is 6.13. The molecule has 88 valence electrons. The van der Waals surface area contributed by atoms with Gasteiger partial charge < -0.3 is 10.8 Å². The first-order valence-corrected chi connectivity index (χ1v) is 6.17. The van der Waals surface area contributed by atoms with Crippen LogP contribution in [0.15, 0.2) is 12.1 Å². The molecule has 3 heteroatoms. The number of phenols is 1. The first-order valence-electron chi connectivity index (χ1n) is 5.79. The summed E-state index contributed by atoms with van der Waals surface area (Å²) in [6, 6.07) is 3.43. The van der Waals surface area contributed by atoms with Crippen molar-refractivity contribution >= 4 is 11.6 Å². The van der Waals surface area contributed by atoms with E-state index >= 15 is 0 Å². The highest BCUT2D eigenvalue weighted by Crippen LogP contribution is 2.46. The molecule has 2 nitrogen and oxygen atoms in total. The summed E-state index contributed by atoms with van der Waals surface area (Å²) < 4.78 is 0. The molecule has 1 saturated carbocycles. The maximum atomic E-state index is 10.1. The molecule has 0 bridgehead atoms. The average molecular weight is 240 g/mol. The molecule has 0 saturated heterocycles. The summed E-state index contributed by atoms with van der Waals surface area (Å²) in [5.74, 6) is 0.342. The average Bonchev–Trinajstić information content (AvgIpc) is 2.74. The Morgan fingerprint density at radius 2 is 2.00 bits per heavy atom. The number of hydrogen-bond acceptors (Lipinski definition) is 2. The van der Waals surface area contributed by atoms with Crippen LogP contribution in [0.1, 0.15) is 36.8 Å². The minimum atomic E-state index is -0.0565. The Bertz CT molecular complexity index is 397. The van der Waals surface area contributed by atoms with Crippen LogP contribution in [0.3, 0.4) is 0 Å². The van der Waals surface area contributed by atoms with Gasteiger partial charge in [-0.3, -0.25) is 0 Å². The molecule has 1 aromatic rings. The van der Waals surface area contributed by atoms with Gasteiger partial charge in [-0.2, -0.15) is 0 Å². The number of rotatable bonds is 2. The van der Waals surface area contributed by atoms with Crippen LogP contribution >= 0.6 is 11.6 Å². The molecule has 3 N–H and O–H groups in total. The van der Waals surface area contributed by atoms with Crippen LogP contribution < -0.4 is 5.73 Å². The van der Waals surface area contributed by atoms with Gasteiger partial charge in [0, 0.05) is 22.5 Å². The third-order valence-electron chi connectivity index (χ3n) is 3.86. The van der Waals surface area contributed by atoms with Gasteiger partial charge in [0.05, 0.1) is 0 Å². The zero-order chi connectivity index (χ0) is 11.8. The molecule has 0 aliphatic heterocycles. The monoisotopic (exact) mass is 239 g/mol. The molecule has 0 aromatic heterocycles. The highest BCUT2D eigenvalue weighted by molar-refractivity contribution is 6.31. The fourth-order valence-electron chi connectivity index (χ4n) is 2.95. The molecule has 0 unspecified atom stereocenters. The molecule has 1 aromatic carbocycles. The maximum absolute atomic E-state index is 10.1. The van der Waals surface area contributed by atoms with Crippen LogP contribution in [0.4, 0.5) is 0 Å². The van der Waals surface area contributed by atoms with Crippen molar-refractivity contribution in [2.24, 2.45) is 5.73 Å². The smallest absolute Gasteiger partial charge is 0.119 e. The number of aromatic hydroxyl groups is 1. The van der Waals surface area contributed by atoms with Gasteiger partial charge in [-0.05, 0) is 37.5 Å². The van der Waals surface area contributed by atoms with Crippen LogP contribution in [0.25, 0.3) is 0 Å². The van der Waals surface area contributed by atoms with E-state index in [-0.39, 0.29) is 5.41 Å². The first-order chi connectivity index (χ1) is 7.60. The van der Waals surface area contributed by atoms with E-state index in [1.165, 1.54) is 12.8 Å². The lowest BCUT2D eigenvalue weighted by molar-refractivity contribution is 0.403. The number of halogens is 1. The molecule has 0 radical (unpaired) electrons. The number of phenolic OH excluding ortho intramolecular Hbond substituents is 1. The summed E-state index contributed by atoms with van der Waals surface area (Å²) in [5, 5.41) is 10.8. The summed E-state index contributed by atoms with van der Waals surface area (Å²) in [4.78, 5) is 0. The van der Waals surface area contributed by atoms with Gasteiger partial charge in [0.15, 0.2) is 0 Å². The van der Waals surface area contributed by atoms with Crippen LogP contribution in [0.5, 0.6) is 5.75 Å². The molecule has 0 amide bonds. The van der Waals surface area contributed by atoms with Crippen LogP contribution in [0.2, 0.25) is 5.02 Å². The Labute approximate surface area is 101 Å². The maximum Gasteiger partial charge on any atom is 0.119 e. The summed E-state index contributed by atoms with van der Waals surface area (Å²) in [5.41, 5.74) is 7.83. The van der Waals surface area contributed by atoms with E-state index < -0.39 is 0 Å². The second-order valence-electron chi connectivity index (χ2n) is 4.76. The van der Waals surface area contributed by atoms with Crippen molar-refractivity contribution in [1.82, 2.24) is 0 Å². The van der Waals surface area contributed by atoms with Crippen molar-refractivity contribution in [3.8, 4) is 5.75 Å². The fraction of sp³-hybridized carbons (Fsp3) is 0.538. The van der Waals surface area contributed by atoms with Crippen molar-refractivity contribution in [3.05, 3.63) is 28.3 Å². The van der Waals surface area contributed by atoms with Crippen molar-refractivity contribution in [1.29, 1.82) is 0 Å². The third kappa shape index (κ3) is 1.70. The number of benzene rings is 1. The zero-order valence-electron chi connectivity index (χ0n) is 9.59. The standard InChI is InChI=1S/C13H18ClNO/c1-9-10(14)4-5-11(16)12(9)13(8-15)6-2-3-7-13/h4-5,16H,2-3,6-8,15H2,1H3. The van der Waals surface area contributed by atoms with E-state index in [0.29, 0.717) is 17.3 Å². The minimum absolute atomic E-state index is 0.0565. The predicted octanol–water partition coefficient (Wildman–Crippen LogP) is 3.12. The largest absolute Gasteiger partial charge is 0.508 e. The van der Waals surface area contributed by atoms with E-state index in [9.17, 15) is 5.11 Å².